The predicted octanol–water partition coefficient (Wildman–Crippen LogP) is 3.51. The van der Waals surface area contributed by atoms with Gasteiger partial charge in [-0.1, -0.05) is 25.4 Å². The number of halogens is 2. The van der Waals surface area contributed by atoms with Crippen LogP contribution in [0.5, 0.6) is 0 Å². The van der Waals surface area contributed by atoms with Crippen molar-refractivity contribution >= 4 is 29.1 Å². The third-order valence-electron chi connectivity index (χ3n) is 3.10. The quantitative estimate of drug-likeness (QED) is 0.867. The van der Waals surface area contributed by atoms with Gasteiger partial charge in [-0.15, -0.1) is 0 Å². The Kier molecular flexibility index (Phi) is 5.87. The molecule has 24 heavy (non-hydrogen) atoms. The Labute approximate surface area is 144 Å². The van der Waals surface area contributed by atoms with Crippen LogP contribution >= 0.6 is 11.6 Å². The first-order chi connectivity index (χ1) is 11.4. The fraction of sp³-hybridized carbons (Fsp3) is 0.235. The first-order valence-electron chi connectivity index (χ1n) is 7.37. The molecule has 5 nitrogen and oxygen atoms in total. The van der Waals surface area contributed by atoms with Gasteiger partial charge in [0, 0.05) is 24.0 Å². The molecule has 0 unspecified atom stereocenters. The van der Waals surface area contributed by atoms with Crippen LogP contribution < -0.4 is 10.6 Å². The van der Waals surface area contributed by atoms with Gasteiger partial charge in [0.15, 0.2) is 0 Å². The van der Waals surface area contributed by atoms with Gasteiger partial charge in [0.05, 0.1) is 5.02 Å². The van der Waals surface area contributed by atoms with E-state index in [9.17, 15) is 14.0 Å². The molecule has 2 aromatic rings. The van der Waals surface area contributed by atoms with E-state index in [4.69, 9.17) is 11.6 Å². The first-order valence-corrected chi connectivity index (χ1v) is 7.75. The van der Waals surface area contributed by atoms with Gasteiger partial charge in [0.1, 0.15) is 11.5 Å². The Balaban J connectivity index is 2.11. The Morgan fingerprint density at radius 3 is 2.62 bits per heavy atom. The second-order valence-electron chi connectivity index (χ2n) is 5.62. The minimum Gasteiger partial charge on any atom is -0.352 e. The summed E-state index contributed by atoms with van der Waals surface area (Å²) in [5.74, 6) is -1.04. The van der Waals surface area contributed by atoms with E-state index < -0.39 is 11.7 Å². The predicted molar refractivity (Wildman–Crippen MR) is 90.8 cm³/mol. The standard InChI is InChI=1S/C17H17ClFN3O2/c1-10(2)9-21-16(23)11-5-6-20-15(7-11)17(24)22-12-3-4-14(19)13(18)8-12/h3-8,10H,9H2,1-2H3,(H,21,23)(H,22,24). The zero-order valence-corrected chi connectivity index (χ0v) is 14.0. The van der Waals surface area contributed by atoms with Gasteiger partial charge in [-0.25, -0.2) is 4.39 Å². The van der Waals surface area contributed by atoms with Crippen molar-refractivity contribution < 1.29 is 14.0 Å². The van der Waals surface area contributed by atoms with E-state index in [0.29, 0.717) is 23.7 Å². The highest BCUT2D eigenvalue weighted by Gasteiger charge is 2.13. The number of carbonyl (C=O) groups is 2. The van der Waals surface area contributed by atoms with Crippen LogP contribution in [0.3, 0.4) is 0 Å². The minimum absolute atomic E-state index is 0.0765. The number of carbonyl (C=O) groups excluding carboxylic acids is 2. The summed E-state index contributed by atoms with van der Waals surface area (Å²) in [7, 11) is 0. The monoisotopic (exact) mass is 349 g/mol. The van der Waals surface area contributed by atoms with Crippen molar-refractivity contribution in [3.8, 4) is 0 Å². The Hall–Kier alpha value is -2.47. The van der Waals surface area contributed by atoms with Crippen LogP contribution in [-0.4, -0.2) is 23.3 Å². The molecule has 0 aliphatic rings. The highest BCUT2D eigenvalue weighted by molar-refractivity contribution is 6.31. The smallest absolute Gasteiger partial charge is 0.274 e. The first kappa shape index (κ1) is 17.9. The Bertz CT molecular complexity index is 765. The molecule has 126 valence electrons. The number of benzene rings is 1. The zero-order valence-electron chi connectivity index (χ0n) is 13.3. The summed E-state index contributed by atoms with van der Waals surface area (Å²) < 4.78 is 13.1. The largest absolute Gasteiger partial charge is 0.352 e. The molecule has 0 radical (unpaired) electrons. The lowest BCUT2D eigenvalue weighted by atomic mass is 10.2. The number of rotatable bonds is 5. The van der Waals surface area contributed by atoms with Gasteiger partial charge >= 0.3 is 0 Å². The van der Waals surface area contributed by atoms with Crippen molar-refractivity contribution in [1.29, 1.82) is 0 Å². The van der Waals surface area contributed by atoms with Gasteiger partial charge in [0.25, 0.3) is 11.8 Å². The summed E-state index contributed by atoms with van der Waals surface area (Å²) in [6.45, 7) is 4.51. The molecule has 1 heterocycles. The molecule has 0 aliphatic carbocycles. The molecule has 0 spiro atoms. The maximum Gasteiger partial charge on any atom is 0.274 e. The number of pyridine rings is 1. The number of aromatic nitrogens is 1. The highest BCUT2D eigenvalue weighted by atomic mass is 35.5. The lowest BCUT2D eigenvalue weighted by molar-refractivity contribution is 0.0949. The molecule has 0 atom stereocenters. The normalized spacial score (nSPS) is 10.5. The molecular formula is C17H17ClFN3O2. The molecule has 1 aromatic carbocycles. The summed E-state index contributed by atoms with van der Waals surface area (Å²) in [5.41, 5.74) is 0.753. The number of anilines is 1. The highest BCUT2D eigenvalue weighted by Crippen LogP contribution is 2.19. The van der Waals surface area contributed by atoms with Gasteiger partial charge < -0.3 is 10.6 Å². The molecule has 1 aromatic heterocycles. The molecule has 0 saturated carbocycles. The molecule has 2 N–H and O–H groups in total. The SMILES string of the molecule is CC(C)CNC(=O)c1ccnc(C(=O)Nc2ccc(F)c(Cl)c2)c1. The van der Waals surface area contributed by atoms with Crippen LogP contribution in [0.15, 0.2) is 36.5 Å². The van der Waals surface area contributed by atoms with Crippen molar-refractivity contribution in [3.05, 3.63) is 58.6 Å². The molecule has 0 saturated heterocycles. The maximum atomic E-state index is 13.1. The van der Waals surface area contributed by atoms with E-state index in [1.807, 2.05) is 13.8 Å². The Morgan fingerprint density at radius 1 is 1.21 bits per heavy atom. The van der Waals surface area contributed by atoms with Gasteiger partial charge in [-0.2, -0.15) is 0 Å². The van der Waals surface area contributed by atoms with Crippen LogP contribution in [0, 0.1) is 11.7 Å². The number of hydrogen-bond acceptors (Lipinski definition) is 3. The fourth-order valence-electron chi connectivity index (χ4n) is 1.86. The second-order valence-corrected chi connectivity index (χ2v) is 6.02. The number of hydrogen-bond donors (Lipinski definition) is 2. The summed E-state index contributed by atoms with van der Waals surface area (Å²) in [5, 5.41) is 5.23. The molecule has 0 fully saturated rings. The fourth-order valence-corrected chi connectivity index (χ4v) is 2.04. The van der Waals surface area contributed by atoms with E-state index in [0.717, 1.165) is 6.07 Å². The minimum atomic E-state index is -0.573. The molecule has 2 amide bonds. The van der Waals surface area contributed by atoms with Crippen LogP contribution in [0.25, 0.3) is 0 Å². The number of amides is 2. The van der Waals surface area contributed by atoms with E-state index in [1.165, 1.54) is 30.5 Å². The molecule has 7 heteroatoms. The van der Waals surface area contributed by atoms with Crippen LogP contribution in [0.4, 0.5) is 10.1 Å². The van der Waals surface area contributed by atoms with Gasteiger partial charge in [0.2, 0.25) is 0 Å². The van der Waals surface area contributed by atoms with Crippen LogP contribution in [0.2, 0.25) is 5.02 Å². The average Bonchev–Trinajstić information content (AvgIpc) is 2.56. The summed E-state index contributed by atoms with van der Waals surface area (Å²) in [6, 6.07) is 6.77. The van der Waals surface area contributed by atoms with Crippen molar-refractivity contribution in [2.75, 3.05) is 11.9 Å². The Morgan fingerprint density at radius 2 is 1.96 bits per heavy atom. The van der Waals surface area contributed by atoms with Crippen molar-refractivity contribution in [1.82, 2.24) is 10.3 Å². The topological polar surface area (TPSA) is 71.1 Å². The zero-order chi connectivity index (χ0) is 17.7. The van der Waals surface area contributed by atoms with Crippen molar-refractivity contribution in [2.45, 2.75) is 13.8 Å². The third-order valence-corrected chi connectivity index (χ3v) is 3.39. The lowest BCUT2D eigenvalue weighted by Crippen LogP contribution is -2.27. The average molecular weight is 350 g/mol. The van der Waals surface area contributed by atoms with Crippen LogP contribution in [-0.2, 0) is 0 Å². The van der Waals surface area contributed by atoms with E-state index in [2.05, 4.69) is 15.6 Å². The van der Waals surface area contributed by atoms with Gasteiger partial charge in [-0.05, 0) is 36.2 Å². The molecule has 0 bridgehead atoms. The maximum absolute atomic E-state index is 13.1. The molecule has 0 aliphatic heterocycles. The van der Waals surface area contributed by atoms with Crippen molar-refractivity contribution in [2.24, 2.45) is 5.92 Å². The lowest BCUT2D eigenvalue weighted by Gasteiger charge is -2.09. The summed E-state index contributed by atoms with van der Waals surface area (Å²) in [4.78, 5) is 28.2. The van der Waals surface area contributed by atoms with Crippen molar-refractivity contribution in [3.63, 3.8) is 0 Å². The third kappa shape index (κ3) is 4.76. The van der Waals surface area contributed by atoms with Gasteiger partial charge in [-0.3, -0.25) is 14.6 Å². The van der Waals surface area contributed by atoms with E-state index in [-0.39, 0.29) is 16.6 Å². The van der Waals surface area contributed by atoms with E-state index >= 15 is 0 Å². The van der Waals surface area contributed by atoms with Crippen LogP contribution in [0.1, 0.15) is 34.7 Å². The number of nitrogens with zero attached hydrogens (tertiary/aromatic N) is 1. The second kappa shape index (κ2) is 7.88. The van der Waals surface area contributed by atoms with E-state index in [1.54, 1.807) is 0 Å². The molecule has 2 rings (SSSR count). The summed E-state index contributed by atoms with van der Waals surface area (Å²) >= 11 is 5.68. The number of nitrogens with one attached hydrogen (secondary N) is 2. The molecular weight excluding hydrogens is 333 g/mol. The summed E-state index contributed by atoms with van der Waals surface area (Å²) in [6.07, 6.45) is 1.39.